The van der Waals surface area contributed by atoms with Crippen LogP contribution in [0.25, 0.3) is 0 Å². The van der Waals surface area contributed by atoms with E-state index in [4.69, 9.17) is 4.99 Å². The van der Waals surface area contributed by atoms with Gasteiger partial charge in [-0.2, -0.15) is 11.8 Å². The predicted octanol–water partition coefficient (Wildman–Crippen LogP) is 3.04. The third-order valence-corrected chi connectivity index (χ3v) is 5.24. The third kappa shape index (κ3) is 7.78. The number of rotatable bonds is 8. The van der Waals surface area contributed by atoms with Crippen LogP contribution in [0.3, 0.4) is 0 Å². The van der Waals surface area contributed by atoms with Gasteiger partial charge >= 0.3 is 0 Å². The van der Waals surface area contributed by atoms with Gasteiger partial charge in [-0.1, -0.05) is 0 Å². The standard InChI is InChI=1S/C16H29N5S.HI/c1-3-17-16(20-13-15-7-6-12-22-15)19-8-4-5-10-21-11-9-18-14(21)2;/h9,11,15H,3-8,10,12-13H2,1-2H3,(H2,17,19,20);1H. The van der Waals surface area contributed by atoms with Crippen molar-refractivity contribution >= 4 is 41.7 Å². The van der Waals surface area contributed by atoms with Gasteiger partial charge in [-0.25, -0.2) is 4.98 Å². The molecule has 1 aliphatic rings. The van der Waals surface area contributed by atoms with Crippen molar-refractivity contribution in [1.82, 2.24) is 20.2 Å². The lowest BCUT2D eigenvalue weighted by atomic mass is 10.2. The molecule has 1 aliphatic heterocycles. The van der Waals surface area contributed by atoms with Crippen LogP contribution in [0.4, 0.5) is 0 Å². The second-order valence-electron chi connectivity index (χ2n) is 5.66. The smallest absolute Gasteiger partial charge is 0.191 e. The minimum atomic E-state index is 0. The Labute approximate surface area is 161 Å². The molecule has 1 aromatic rings. The molecule has 0 bridgehead atoms. The highest BCUT2D eigenvalue weighted by atomic mass is 127. The maximum Gasteiger partial charge on any atom is 0.191 e. The van der Waals surface area contributed by atoms with Crippen LogP contribution in [0.5, 0.6) is 0 Å². The molecule has 2 N–H and O–H groups in total. The van der Waals surface area contributed by atoms with Crippen LogP contribution >= 0.6 is 35.7 Å². The van der Waals surface area contributed by atoms with Crippen molar-refractivity contribution in [3.05, 3.63) is 18.2 Å². The Morgan fingerprint density at radius 1 is 1.43 bits per heavy atom. The fourth-order valence-electron chi connectivity index (χ4n) is 2.58. The van der Waals surface area contributed by atoms with Gasteiger partial charge < -0.3 is 15.2 Å². The summed E-state index contributed by atoms with van der Waals surface area (Å²) in [6.45, 7) is 8.03. The SMILES string of the molecule is CCNC(=NCC1CCCS1)NCCCCn1ccnc1C.I. The highest BCUT2D eigenvalue weighted by Crippen LogP contribution is 2.25. The first kappa shape index (κ1) is 20.6. The number of aliphatic imine (C=N–C) groups is 1. The maximum absolute atomic E-state index is 4.72. The van der Waals surface area contributed by atoms with E-state index in [1.165, 1.54) is 18.6 Å². The van der Waals surface area contributed by atoms with E-state index in [1.807, 2.05) is 12.4 Å². The second kappa shape index (κ2) is 12.0. The molecule has 1 aromatic heterocycles. The lowest BCUT2D eigenvalue weighted by molar-refractivity contribution is 0.588. The molecule has 1 fully saturated rings. The molecule has 1 atom stereocenters. The molecular weight excluding hydrogens is 421 g/mol. The summed E-state index contributed by atoms with van der Waals surface area (Å²) in [5.74, 6) is 3.36. The average molecular weight is 451 g/mol. The highest BCUT2D eigenvalue weighted by molar-refractivity contribution is 14.0. The Bertz CT molecular complexity index is 457. The number of aromatic nitrogens is 2. The van der Waals surface area contributed by atoms with Crippen LogP contribution in [0.15, 0.2) is 17.4 Å². The van der Waals surface area contributed by atoms with E-state index in [0.29, 0.717) is 0 Å². The molecular formula is C16H30IN5S. The zero-order valence-corrected chi connectivity index (χ0v) is 17.4. The summed E-state index contributed by atoms with van der Waals surface area (Å²) in [6.07, 6.45) is 8.88. The normalized spacial score (nSPS) is 17.8. The van der Waals surface area contributed by atoms with Gasteiger partial charge in [-0.3, -0.25) is 4.99 Å². The van der Waals surface area contributed by atoms with Crippen molar-refractivity contribution < 1.29 is 0 Å². The van der Waals surface area contributed by atoms with Gasteiger partial charge in [0, 0.05) is 37.3 Å². The molecule has 2 rings (SSSR count). The van der Waals surface area contributed by atoms with Crippen molar-refractivity contribution in [2.75, 3.05) is 25.4 Å². The summed E-state index contributed by atoms with van der Waals surface area (Å²) in [7, 11) is 0. The number of imidazole rings is 1. The first-order chi connectivity index (χ1) is 10.8. The van der Waals surface area contributed by atoms with Gasteiger partial charge in [-0.15, -0.1) is 24.0 Å². The summed E-state index contributed by atoms with van der Waals surface area (Å²) in [4.78, 5) is 8.96. The maximum atomic E-state index is 4.72. The van der Waals surface area contributed by atoms with Crippen LogP contribution in [0.2, 0.25) is 0 Å². The molecule has 0 spiro atoms. The van der Waals surface area contributed by atoms with E-state index in [-0.39, 0.29) is 24.0 Å². The Morgan fingerprint density at radius 2 is 2.30 bits per heavy atom. The number of halogens is 1. The van der Waals surface area contributed by atoms with Gasteiger partial charge in [-0.05, 0) is 45.3 Å². The topological polar surface area (TPSA) is 54.2 Å². The zero-order chi connectivity index (χ0) is 15.6. The Balaban J connectivity index is 0.00000264. The molecule has 2 heterocycles. The van der Waals surface area contributed by atoms with Gasteiger partial charge in [0.15, 0.2) is 5.96 Å². The number of hydrogen-bond donors (Lipinski definition) is 2. The van der Waals surface area contributed by atoms with Gasteiger partial charge in [0.05, 0.1) is 6.54 Å². The van der Waals surface area contributed by atoms with E-state index in [0.717, 1.165) is 56.1 Å². The number of unbranched alkanes of at least 4 members (excludes halogenated alkanes) is 1. The number of nitrogens with one attached hydrogen (secondary N) is 2. The highest BCUT2D eigenvalue weighted by Gasteiger charge is 2.14. The molecule has 23 heavy (non-hydrogen) atoms. The van der Waals surface area contributed by atoms with Crippen molar-refractivity contribution in [2.45, 2.75) is 51.3 Å². The molecule has 7 heteroatoms. The molecule has 0 radical (unpaired) electrons. The lowest BCUT2D eigenvalue weighted by Crippen LogP contribution is -2.38. The van der Waals surface area contributed by atoms with Crippen LogP contribution in [0.1, 0.15) is 38.4 Å². The monoisotopic (exact) mass is 451 g/mol. The Kier molecular flexibility index (Phi) is 10.7. The minimum Gasteiger partial charge on any atom is -0.357 e. The van der Waals surface area contributed by atoms with E-state index < -0.39 is 0 Å². The van der Waals surface area contributed by atoms with E-state index >= 15 is 0 Å². The number of thioether (sulfide) groups is 1. The van der Waals surface area contributed by atoms with Crippen molar-refractivity contribution in [3.8, 4) is 0 Å². The molecule has 0 aliphatic carbocycles. The summed E-state index contributed by atoms with van der Waals surface area (Å²) >= 11 is 2.06. The van der Waals surface area contributed by atoms with Crippen LogP contribution in [-0.4, -0.2) is 46.1 Å². The molecule has 132 valence electrons. The summed E-state index contributed by atoms with van der Waals surface area (Å²) in [5, 5.41) is 7.50. The molecule has 1 saturated heterocycles. The molecule has 0 aromatic carbocycles. The minimum absolute atomic E-state index is 0. The summed E-state index contributed by atoms with van der Waals surface area (Å²) in [6, 6.07) is 0. The summed E-state index contributed by atoms with van der Waals surface area (Å²) < 4.78 is 2.20. The number of nitrogens with zero attached hydrogens (tertiary/aromatic N) is 3. The molecule has 1 unspecified atom stereocenters. The second-order valence-corrected chi connectivity index (χ2v) is 7.06. The lowest BCUT2D eigenvalue weighted by Gasteiger charge is -2.13. The van der Waals surface area contributed by atoms with Gasteiger partial charge in [0.25, 0.3) is 0 Å². The Morgan fingerprint density at radius 3 is 2.96 bits per heavy atom. The zero-order valence-electron chi connectivity index (χ0n) is 14.3. The van der Waals surface area contributed by atoms with Crippen molar-refractivity contribution in [3.63, 3.8) is 0 Å². The molecule has 0 saturated carbocycles. The van der Waals surface area contributed by atoms with Crippen molar-refractivity contribution in [1.29, 1.82) is 0 Å². The van der Waals surface area contributed by atoms with Crippen molar-refractivity contribution in [2.24, 2.45) is 4.99 Å². The Hall–Kier alpha value is -0.440. The number of aryl methyl sites for hydroxylation is 2. The van der Waals surface area contributed by atoms with Gasteiger partial charge in [0.2, 0.25) is 0 Å². The number of hydrogen-bond acceptors (Lipinski definition) is 3. The quantitative estimate of drug-likeness (QED) is 0.276. The fraction of sp³-hybridized carbons (Fsp3) is 0.750. The van der Waals surface area contributed by atoms with Crippen LogP contribution in [-0.2, 0) is 6.54 Å². The first-order valence-electron chi connectivity index (χ1n) is 8.41. The fourth-order valence-corrected chi connectivity index (χ4v) is 3.76. The molecule has 0 amide bonds. The average Bonchev–Trinajstić information content (AvgIpc) is 3.16. The predicted molar refractivity (Wildman–Crippen MR) is 111 cm³/mol. The van der Waals surface area contributed by atoms with E-state index in [9.17, 15) is 0 Å². The largest absolute Gasteiger partial charge is 0.357 e. The summed E-state index contributed by atoms with van der Waals surface area (Å²) in [5.41, 5.74) is 0. The van der Waals surface area contributed by atoms with Gasteiger partial charge in [0.1, 0.15) is 5.82 Å². The first-order valence-corrected chi connectivity index (χ1v) is 9.46. The third-order valence-electron chi connectivity index (χ3n) is 3.86. The number of guanidine groups is 1. The van der Waals surface area contributed by atoms with Crippen LogP contribution in [0, 0.1) is 6.92 Å². The van der Waals surface area contributed by atoms with Crippen LogP contribution < -0.4 is 10.6 Å². The molecule has 5 nitrogen and oxygen atoms in total. The van der Waals surface area contributed by atoms with E-state index in [1.54, 1.807) is 0 Å². The van der Waals surface area contributed by atoms with E-state index in [2.05, 4.69) is 45.8 Å².